The quantitative estimate of drug-likeness (QED) is 0.815. The van der Waals surface area contributed by atoms with Crippen LogP contribution in [0.15, 0.2) is 24.3 Å². The van der Waals surface area contributed by atoms with E-state index in [0.717, 1.165) is 18.4 Å². The van der Waals surface area contributed by atoms with Crippen LogP contribution in [-0.2, 0) is 0 Å². The van der Waals surface area contributed by atoms with Crippen LogP contribution >= 0.6 is 0 Å². The first-order valence-electron chi connectivity index (χ1n) is 6.18. The number of nitrogens with two attached hydrogens (primary N) is 1. The zero-order valence-electron chi connectivity index (χ0n) is 9.73. The Labute approximate surface area is 101 Å². The fourth-order valence-electron chi connectivity index (χ4n) is 3.22. The predicted molar refractivity (Wildman–Crippen MR) is 64.6 cm³/mol. The standard InChI is InChI=1S/C14H17NO2/c15-13(17)10-4-2-1-3-9(10)11-7-14(5-6-14)8-12(11)16/h1-4,11-12,16H,5-8H2,(H2,15,17)/t11-,12-/m0/s1. The van der Waals surface area contributed by atoms with Gasteiger partial charge in [0.1, 0.15) is 0 Å². The van der Waals surface area contributed by atoms with E-state index in [1.807, 2.05) is 18.2 Å². The Morgan fingerprint density at radius 3 is 2.59 bits per heavy atom. The summed E-state index contributed by atoms with van der Waals surface area (Å²) < 4.78 is 0. The molecule has 2 fully saturated rings. The number of rotatable bonds is 2. The van der Waals surface area contributed by atoms with Crippen molar-refractivity contribution in [2.24, 2.45) is 11.1 Å². The Morgan fingerprint density at radius 2 is 2.00 bits per heavy atom. The molecule has 0 radical (unpaired) electrons. The van der Waals surface area contributed by atoms with Crippen LogP contribution in [0.1, 0.15) is 47.5 Å². The molecule has 1 aromatic rings. The van der Waals surface area contributed by atoms with E-state index < -0.39 is 5.91 Å². The SMILES string of the molecule is NC(=O)c1ccccc1[C@@H]1CC2(CC2)C[C@@H]1O. The summed E-state index contributed by atoms with van der Waals surface area (Å²) in [6.07, 6.45) is 4.00. The van der Waals surface area contributed by atoms with Gasteiger partial charge in [0.05, 0.1) is 6.10 Å². The average molecular weight is 231 g/mol. The van der Waals surface area contributed by atoms with Crippen LogP contribution in [0.25, 0.3) is 0 Å². The van der Waals surface area contributed by atoms with Crippen molar-refractivity contribution in [1.29, 1.82) is 0 Å². The number of hydrogen-bond donors (Lipinski definition) is 2. The van der Waals surface area contributed by atoms with Gasteiger partial charge in [0.25, 0.3) is 0 Å². The predicted octanol–water partition coefficient (Wildman–Crippen LogP) is 1.80. The van der Waals surface area contributed by atoms with Crippen molar-refractivity contribution >= 4 is 5.91 Å². The lowest BCUT2D eigenvalue weighted by atomic mass is 9.90. The highest BCUT2D eigenvalue weighted by molar-refractivity contribution is 5.94. The lowest BCUT2D eigenvalue weighted by Crippen LogP contribution is -2.18. The van der Waals surface area contributed by atoms with Gasteiger partial charge in [0.2, 0.25) is 5.91 Å². The molecular weight excluding hydrogens is 214 g/mol. The molecule has 1 aromatic carbocycles. The molecule has 2 aliphatic carbocycles. The third kappa shape index (κ3) is 1.75. The summed E-state index contributed by atoms with van der Waals surface area (Å²) in [6, 6.07) is 7.40. The third-order valence-electron chi connectivity index (χ3n) is 4.34. The molecule has 90 valence electrons. The zero-order chi connectivity index (χ0) is 12.0. The Hall–Kier alpha value is -1.35. The van der Waals surface area contributed by atoms with E-state index >= 15 is 0 Å². The number of carbonyl (C=O) groups is 1. The zero-order valence-corrected chi connectivity index (χ0v) is 9.73. The van der Waals surface area contributed by atoms with Gasteiger partial charge in [-0.15, -0.1) is 0 Å². The van der Waals surface area contributed by atoms with Gasteiger partial charge in [-0.3, -0.25) is 4.79 Å². The molecule has 1 amide bonds. The van der Waals surface area contributed by atoms with Crippen LogP contribution in [0.2, 0.25) is 0 Å². The van der Waals surface area contributed by atoms with Gasteiger partial charge in [-0.2, -0.15) is 0 Å². The Morgan fingerprint density at radius 1 is 1.29 bits per heavy atom. The second-order valence-corrected chi connectivity index (χ2v) is 5.53. The first kappa shape index (κ1) is 10.8. The number of aliphatic hydroxyl groups is 1. The molecule has 3 N–H and O–H groups in total. The van der Waals surface area contributed by atoms with Crippen LogP contribution in [-0.4, -0.2) is 17.1 Å². The molecule has 3 nitrogen and oxygen atoms in total. The smallest absolute Gasteiger partial charge is 0.248 e. The minimum Gasteiger partial charge on any atom is -0.392 e. The maximum atomic E-state index is 11.4. The number of benzene rings is 1. The van der Waals surface area contributed by atoms with Crippen molar-refractivity contribution in [1.82, 2.24) is 0 Å². The van der Waals surface area contributed by atoms with E-state index in [1.54, 1.807) is 6.07 Å². The van der Waals surface area contributed by atoms with Crippen LogP contribution in [0.3, 0.4) is 0 Å². The third-order valence-corrected chi connectivity index (χ3v) is 4.34. The highest BCUT2D eigenvalue weighted by Crippen LogP contribution is 2.61. The minimum atomic E-state index is -0.399. The minimum absolute atomic E-state index is 0.0844. The van der Waals surface area contributed by atoms with Gasteiger partial charge >= 0.3 is 0 Å². The van der Waals surface area contributed by atoms with Crippen LogP contribution < -0.4 is 5.73 Å². The molecule has 2 saturated carbocycles. The number of primary amides is 1. The summed E-state index contributed by atoms with van der Waals surface area (Å²) in [7, 11) is 0. The highest BCUT2D eigenvalue weighted by atomic mass is 16.3. The molecule has 0 unspecified atom stereocenters. The monoisotopic (exact) mass is 231 g/mol. The summed E-state index contributed by atoms with van der Waals surface area (Å²) >= 11 is 0. The first-order valence-corrected chi connectivity index (χ1v) is 6.18. The largest absolute Gasteiger partial charge is 0.392 e. The number of amides is 1. The van der Waals surface area contributed by atoms with Crippen LogP contribution in [0.5, 0.6) is 0 Å². The lowest BCUT2D eigenvalue weighted by Gasteiger charge is -2.17. The van der Waals surface area contributed by atoms with Gasteiger partial charge in [-0.1, -0.05) is 18.2 Å². The van der Waals surface area contributed by atoms with E-state index in [2.05, 4.69) is 0 Å². The van der Waals surface area contributed by atoms with Crippen molar-refractivity contribution in [3.05, 3.63) is 35.4 Å². The molecule has 0 aromatic heterocycles. The van der Waals surface area contributed by atoms with E-state index in [-0.39, 0.29) is 12.0 Å². The molecule has 17 heavy (non-hydrogen) atoms. The molecule has 2 aliphatic rings. The fraction of sp³-hybridized carbons (Fsp3) is 0.500. The molecule has 1 spiro atoms. The normalized spacial score (nSPS) is 29.5. The van der Waals surface area contributed by atoms with Crippen molar-refractivity contribution in [3.63, 3.8) is 0 Å². The first-order chi connectivity index (χ1) is 8.11. The summed E-state index contributed by atoms with van der Waals surface area (Å²) in [5, 5.41) is 10.2. The average Bonchev–Trinajstić information content (AvgIpc) is 2.96. The summed E-state index contributed by atoms with van der Waals surface area (Å²) in [5.74, 6) is -0.314. The Kier molecular flexibility index (Phi) is 2.26. The lowest BCUT2D eigenvalue weighted by molar-refractivity contribution is 0.0997. The number of carbonyl (C=O) groups excluding carboxylic acids is 1. The molecule has 0 aliphatic heterocycles. The van der Waals surface area contributed by atoms with Gasteiger partial charge < -0.3 is 10.8 Å². The Balaban J connectivity index is 1.96. The molecule has 0 bridgehead atoms. The van der Waals surface area contributed by atoms with Gasteiger partial charge in [-0.25, -0.2) is 0 Å². The molecule has 3 rings (SSSR count). The number of hydrogen-bond acceptors (Lipinski definition) is 2. The van der Waals surface area contributed by atoms with Gasteiger partial charge in [0, 0.05) is 11.5 Å². The van der Waals surface area contributed by atoms with E-state index in [0.29, 0.717) is 11.0 Å². The molecular formula is C14H17NO2. The fourth-order valence-corrected chi connectivity index (χ4v) is 3.22. The van der Waals surface area contributed by atoms with Crippen molar-refractivity contribution in [2.45, 2.75) is 37.7 Å². The highest BCUT2D eigenvalue weighted by Gasteiger charge is 2.52. The topological polar surface area (TPSA) is 63.3 Å². The van der Waals surface area contributed by atoms with Gasteiger partial charge in [0.15, 0.2) is 0 Å². The summed E-state index contributed by atoms with van der Waals surface area (Å²) in [6.45, 7) is 0. The Bertz CT molecular complexity index is 465. The number of aliphatic hydroxyl groups excluding tert-OH is 1. The van der Waals surface area contributed by atoms with Gasteiger partial charge in [-0.05, 0) is 42.7 Å². The van der Waals surface area contributed by atoms with Crippen LogP contribution in [0.4, 0.5) is 0 Å². The summed E-state index contributed by atoms with van der Waals surface area (Å²) in [5.41, 5.74) is 7.25. The maximum Gasteiger partial charge on any atom is 0.248 e. The molecule has 2 atom stereocenters. The van der Waals surface area contributed by atoms with E-state index in [4.69, 9.17) is 5.73 Å². The van der Waals surface area contributed by atoms with Crippen LogP contribution in [0, 0.1) is 5.41 Å². The van der Waals surface area contributed by atoms with Crippen molar-refractivity contribution in [3.8, 4) is 0 Å². The van der Waals surface area contributed by atoms with Crippen molar-refractivity contribution < 1.29 is 9.90 Å². The van der Waals surface area contributed by atoms with E-state index in [1.165, 1.54) is 12.8 Å². The second kappa shape index (κ2) is 3.57. The molecule has 3 heteroatoms. The maximum absolute atomic E-state index is 11.4. The van der Waals surface area contributed by atoms with E-state index in [9.17, 15) is 9.90 Å². The van der Waals surface area contributed by atoms with Crippen molar-refractivity contribution in [2.75, 3.05) is 0 Å². The molecule has 0 heterocycles. The summed E-state index contributed by atoms with van der Waals surface area (Å²) in [4.78, 5) is 11.4. The second-order valence-electron chi connectivity index (χ2n) is 5.53. The molecule has 0 saturated heterocycles.